The molecule has 27 heavy (non-hydrogen) atoms. The molecule has 6 nitrogen and oxygen atoms in total. The summed E-state index contributed by atoms with van der Waals surface area (Å²) in [5.41, 5.74) is 1.95. The van der Waals surface area contributed by atoms with Crippen molar-refractivity contribution in [2.75, 3.05) is 21.2 Å². The number of amides is 1. The number of rotatable bonds is 6. The van der Waals surface area contributed by atoms with Gasteiger partial charge in [0.25, 0.3) is 5.91 Å². The van der Waals surface area contributed by atoms with Crippen molar-refractivity contribution in [3.63, 3.8) is 0 Å². The van der Waals surface area contributed by atoms with E-state index >= 15 is 0 Å². The Labute approximate surface area is 165 Å². The first-order chi connectivity index (χ1) is 12.6. The Bertz CT molecular complexity index is 958. The predicted octanol–water partition coefficient (Wildman–Crippen LogP) is 3.40. The summed E-state index contributed by atoms with van der Waals surface area (Å²) in [4.78, 5) is 12.7. The molecule has 0 radical (unpaired) electrons. The largest absolute Gasteiger partial charge is 0.496 e. The number of hydrogen-bond donors (Lipinski definition) is 1. The highest BCUT2D eigenvalue weighted by Crippen LogP contribution is 2.27. The Kier molecular flexibility index (Phi) is 6.51. The number of halogens is 1. The Morgan fingerprint density at radius 3 is 2.44 bits per heavy atom. The standard InChI is InChI=1S/C19H23ClN2O4S/c1-12-6-9-18(26-5)15(10-12)13(2)21-19(23)16-11-14(7-8-17(16)20)27(24,25)22(3)4/h6-11,13H,1-5H3,(H,21,23)/t13-/m0/s1. The SMILES string of the molecule is COc1ccc(C)cc1[C@H](C)NC(=O)c1cc(S(=O)(=O)N(C)C)ccc1Cl. The molecule has 0 bridgehead atoms. The Morgan fingerprint density at radius 1 is 1.19 bits per heavy atom. The fourth-order valence-corrected chi connectivity index (χ4v) is 3.73. The Balaban J connectivity index is 2.35. The van der Waals surface area contributed by atoms with E-state index in [4.69, 9.17) is 16.3 Å². The quantitative estimate of drug-likeness (QED) is 0.791. The van der Waals surface area contributed by atoms with Gasteiger partial charge < -0.3 is 10.1 Å². The van der Waals surface area contributed by atoms with E-state index in [-0.39, 0.29) is 21.5 Å². The van der Waals surface area contributed by atoms with Gasteiger partial charge in [0.1, 0.15) is 5.75 Å². The third kappa shape index (κ3) is 4.61. The summed E-state index contributed by atoms with van der Waals surface area (Å²) in [6, 6.07) is 9.39. The first kappa shape index (κ1) is 21.2. The van der Waals surface area contributed by atoms with Crippen LogP contribution in [0.5, 0.6) is 5.75 Å². The van der Waals surface area contributed by atoms with Crippen LogP contribution in [0.15, 0.2) is 41.3 Å². The van der Waals surface area contributed by atoms with Gasteiger partial charge in [0.2, 0.25) is 10.0 Å². The second-order valence-corrected chi connectivity index (χ2v) is 8.93. The van der Waals surface area contributed by atoms with Crippen LogP contribution in [0.1, 0.15) is 34.5 Å². The van der Waals surface area contributed by atoms with Crippen molar-refractivity contribution in [2.24, 2.45) is 0 Å². The maximum absolute atomic E-state index is 12.7. The molecule has 0 unspecified atom stereocenters. The van der Waals surface area contributed by atoms with Gasteiger partial charge in [-0.2, -0.15) is 0 Å². The lowest BCUT2D eigenvalue weighted by atomic mass is 10.0. The van der Waals surface area contributed by atoms with E-state index in [1.165, 1.54) is 32.3 Å². The molecule has 0 spiro atoms. The van der Waals surface area contributed by atoms with Gasteiger partial charge in [-0.05, 0) is 38.1 Å². The van der Waals surface area contributed by atoms with E-state index in [2.05, 4.69) is 5.32 Å². The average molecular weight is 411 g/mol. The van der Waals surface area contributed by atoms with E-state index in [0.29, 0.717) is 5.75 Å². The lowest BCUT2D eigenvalue weighted by Crippen LogP contribution is -2.28. The maximum Gasteiger partial charge on any atom is 0.253 e. The molecule has 1 atom stereocenters. The second kappa shape index (κ2) is 8.29. The minimum atomic E-state index is -3.67. The van der Waals surface area contributed by atoms with E-state index in [1.807, 2.05) is 32.0 Å². The number of aryl methyl sites for hydroxylation is 1. The third-order valence-corrected chi connectivity index (χ3v) is 6.30. The number of carbonyl (C=O) groups is 1. The third-order valence-electron chi connectivity index (χ3n) is 4.16. The Morgan fingerprint density at radius 2 is 1.85 bits per heavy atom. The number of sulfonamides is 1. The molecule has 0 fully saturated rings. The second-order valence-electron chi connectivity index (χ2n) is 6.37. The van der Waals surface area contributed by atoms with Crippen LogP contribution in [0.25, 0.3) is 0 Å². The molecule has 0 saturated carbocycles. The highest BCUT2D eigenvalue weighted by Gasteiger charge is 2.22. The normalized spacial score (nSPS) is 12.7. The summed E-state index contributed by atoms with van der Waals surface area (Å²) in [5, 5.41) is 3.03. The van der Waals surface area contributed by atoms with Crippen molar-refractivity contribution in [3.8, 4) is 5.75 Å². The molecule has 0 heterocycles. The Hall–Kier alpha value is -2.09. The molecule has 0 aromatic heterocycles. The lowest BCUT2D eigenvalue weighted by Gasteiger charge is -2.19. The van der Waals surface area contributed by atoms with Gasteiger partial charge in [-0.25, -0.2) is 12.7 Å². The smallest absolute Gasteiger partial charge is 0.253 e. The fourth-order valence-electron chi connectivity index (χ4n) is 2.59. The van der Waals surface area contributed by atoms with Crippen molar-refractivity contribution >= 4 is 27.5 Å². The number of nitrogens with zero attached hydrogens (tertiary/aromatic N) is 1. The molecule has 2 rings (SSSR count). The van der Waals surface area contributed by atoms with Crippen LogP contribution in [0.3, 0.4) is 0 Å². The highest BCUT2D eigenvalue weighted by atomic mass is 35.5. The lowest BCUT2D eigenvalue weighted by molar-refractivity contribution is 0.0939. The molecule has 0 aliphatic rings. The summed E-state index contributed by atoms with van der Waals surface area (Å²) in [6.45, 7) is 3.77. The molecular weight excluding hydrogens is 388 g/mol. The van der Waals surface area contributed by atoms with Gasteiger partial charge >= 0.3 is 0 Å². The maximum atomic E-state index is 12.7. The van der Waals surface area contributed by atoms with Crippen molar-refractivity contribution in [2.45, 2.75) is 24.8 Å². The first-order valence-corrected chi connectivity index (χ1v) is 10.1. The van der Waals surface area contributed by atoms with Crippen LogP contribution in [0.4, 0.5) is 0 Å². The van der Waals surface area contributed by atoms with Gasteiger partial charge in [0.15, 0.2) is 0 Å². The van der Waals surface area contributed by atoms with E-state index in [0.717, 1.165) is 15.4 Å². The molecule has 1 amide bonds. The number of ether oxygens (including phenoxy) is 1. The minimum Gasteiger partial charge on any atom is -0.496 e. The predicted molar refractivity (Wildman–Crippen MR) is 106 cm³/mol. The molecule has 2 aromatic carbocycles. The number of nitrogens with one attached hydrogen (secondary N) is 1. The van der Waals surface area contributed by atoms with E-state index < -0.39 is 15.9 Å². The highest BCUT2D eigenvalue weighted by molar-refractivity contribution is 7.89. The van der Waals surface area contributed by atoms with Gasteiger partial charge in [-0.3, -0.25) is 4.79 Å². The van der Waals surface area contributed by atoms with Crippen molar-refractivity contribution in [3.05, 3.63) is 58.1 Å². The molecule has 2 aromatic rings. The summed E-state index contributed by atoms with van der Waals surface area (Å²) < 4.78 is 31.1. The summed E-state index contributed by atoms with van der Waals surface area (Å²) in [6.07, 6.45) is 0. The average Bonchev–Trinajstić information content (AvgIpc) is 2.61. The van der Waals surface area contributed by atoms with Crippen LogP contribution in [-0.2, 0) is 10.0 Å². The van der Waals surface area contributed by atoms with Crippen LogP contribution in [0, 0.1) is 6.92 Å². The van der Waals surface area contributed by atoms with Crippen LogP contribution < -0.4 is 10.1 Å². The minimum absolute atomic E-state index is 0.00263. The van der Waals surface area contributed by atoms with Crippen molar-refractivity contribution < 1.29 is 17.9 Å². The zero-order valence-corrected chi connectivity index (χ0v) is 17.5. The molecular formula is C19H23ClN2O4S. The molecule has 1 N–H and O–H groups in total. The van der Waals surface area contributed by atoms with Crippen molar-refractivity contribution in [1.29, 1.82) is 0 Å². The number of carbonyl (C=O) groups excluding carboxylic acids is 1. The van der Waals surface area contributed by atoms with Crippen LogP contribution in [0.2, 0.25) is 5.02 Å². The number of methoxy groups -OCH3 is 1. The number of benzene rings is 2. The van der Waals surface area contributed by atoms with Crippen LogP contribution in [-0.4, -0.2) is 39.8 Å². The molecule has 146 valence electrons. The zero-order valence-electron chi connectivity index (χ0n) is 15.9. The van der Waals surface area contributed by atoms with Gasteiger partial charge in [0, 0.05) is 19.7 Å². The molecule has 0 saturated heterocycles. The topological polar surface area (TPSA) is 75.7 Å². The van der Waals surface area contributed by atoms with Gasteiger partial charge in [-0.15, -0.1) is 0 Å². The fraction of sp³-hybridized carbons (Fsp3) is 0.316. The monoisotopic (exact) mass is 410 g/mol. The first-order valence-electron chi connectivity index (χ1n) is 8.25. The molecule has 8 heteroatoms. The van der Waals surface area contributed by atoms with Gasteiger partial charge in [-0.1, -0.05) is 29.3 Å². The molecule has 0 aliphatic carbocycles. The zero-order chi connectivity index (χ0) is 20.4. The van der Waals surface area contributed by atoms with E-state index in [9.17, 15) is 13.2 Å². The summed E-state index contributed by atoms with van der Waals surface area (Å²) in [7, 11) is 0.745. The summed E-state index contributed by atoms with van der Waals surface area (Å²) in [5.74, 6) is 0.190. The number of hydrogen-bond acceptors (Lipinski definition) is 4. The molecule has 0 aliphatic heterocycles. The van der Waals surface area contributed by atoms with E-state index in [1.54, 1.807) is 7.11 Å². The summed E-state index contributed by atoms with van der Waals surface area (Å²) >= 11 is 6.14. The van der Waals surface area contributed by atoms with Crippen LogP contribution >= 0.6 is 11.6 Å². The van der Waals surface area contributed by atoms with Gasteiger partial charge in [0.05, 0.1) is 28.6 Å². The van der Waals surface area contributed by atoms with Crippen molar-refractivity contribution in [1.82, 2.24) is 9.62 Å².